The zero-order chi connectivity index (χ0) is 14.3. The minimum Gasteiger partial charge on any atom is -0.378 e. The molecule has 0 radical (unpaired) electrons. The number of hydrogen-bond acceptors (Lipinski definition) is 5. The molecule has 1 saturated heterocycles. The molecule has 3 rings (SSSR count). The molecule has 20 heavy (non-hydrogen) atoms. The van der Waals surface area contributed by atoms with Crippen LogP contribution in [-0.4, -0.2) is 45.9 Å². The van der Waals surface area contributed by atoms with Gasteiger partial charge >= 0.3 is 0 Å². The molecule has 1 N–H and O–H groups in total. The summed E-state index contributed by atoms with van der Waals surface area (Å²) in [6, 6.07) is 0. The fraction of sp³-hybridized carbons (Fsp3) is 0.615. The summed E-state index contributed by atoms with van der Waals surface area (Å²) in [7, 11) is 0. The van der Waals surface area contributed by atoms with Crippen molar-refractivity contribution in [2.75, 3.05) is 31.2 Å². The van der Waals surface area contributed by atoms with Gasteiger partial charge in [0.1, 0.15) is 0 Å². The van der Waals surface area contributed by atoms with E-state index in [9.17, 15) is 4.79 Å². The number of rotatable bonds is 2. The van der Waals surface area contributed by atoms with Crippen LogP contribution in [0.1, 0.15) is 31.0 Å². The first-order valence-electron chi connectivity index (χ1n) is 6.90. The molecule has 3 heterocycles. The standard InChI is InChI=1S/C13H19N5O2/c1-8(2)10-9(3)14-12-15-13(16-18(12)11(10)19)17-4-6-20-7-5-17/h8H,4-7H2,1-3H3,(H,14,15,16). The molecule has 2 aromatic rings. The predicted octanol–water partition coefficient (Wildman–Crippen LogP) is 0.686. The Morgan fingerprint density at radius 3 is 2.65 bits per heavy atom. The van der Waals surface area contributed by atoms with Gasteiger partial charge in [0.05, 0.1) is 13.2 Å². The maximum absolute atomic E-state index is 12.5. The van der Waals surface area contributed by atoms with Crippen molar-refractivity contribution in [1.29, 1.82) is 0 Å². The normalized spacial score (nSPS) is 16.3. The van der Waals surface area contributed by atoms with E-state index in [0.29, 0.717) is 24.9 Å². The van der Waals surface area contributed by atoms with Crippen molar-refractivity contribution in [3.63, 3.8) is 0 Å². The highest BCUT2D eigenvalue weighted by atomic mass is 16.5. The Bertz CT molecular complexity index is 682. The van der Waals surface area contributed by atoms with Crippen LogP contribution < -0.4 is 10.5 Å². The second-order valence-electron chi connectivity index (χ2n) is 5.37. The monoisotopic (exact) mass is 277 g/mol. The highest BCUT2D eigenvalue weighted by Gasteiger charge is 2.19. The van der Waals surface area contributed by atoms with Crippen LogP contribution in [0.5, 0.6) is 0 Å². The lowest BCUT2D eigenvalue weighted by Gasteiger charge is -2.25. The molecule has 0 aliphatic carbocycles. The van der Waals surface area contributed by atoms with Crippen LogP contribution >= 0.6 is 0 Å². The van der Waals surface area contributed by atoms with Crippen LogP contribution in [0.3, 0.4) is 0 Å². The minimum absolute atomic E-state index is 0.0849. The lowest BCUT2D eigenvalue weighted by Crippen LogP contribution is -2.37. The smallest absolute Gasteiger partial charge is 0.279 e. The maximum atomic E-state index is 12.5. The van der Waals surface area contributed by atoms with Gasteiger partial charge in [-0.15, -0.1) is 5.10 Å². The van der Waals surface area contributed by atoms with Gasteiger partial charge in [0, 0.05) is 24.3 Å². The fourth-order valence-electron chi connectivity index (χ4n) is 2.61. The Kier molecular flexibility index (Phi) is 3.21. The summed E-state index contributed by atoms with van der Waals surface area (Å²) in [6.07, 6.45) is 0. The zero-order valence-electron chi connectivity index (χ0n) is 12.0. The number of fused-ring (bicyclic) bond motifs is 1. The Labute approximate surface area is 116 Å². The molecule has 0 spiro atoms. The van der Waals surface area contributed by atoms with E-state index in [1.54, 1.807) is 0 Å². The summed E-state index contributed by atoms with van der Waals surface area (Å²) >= 11 is 0. The molecule has 0 unspecified atom stereocenters. The van der Waals surface area contributed by atoms with E-state index in [1.807, 2.05) is 25.7 Å². The number of nitrogens with one attached hydrogen (secondary N) is 1. The molecule has 7 nitrogen and oxygen atoms in total. The molecule has 2 aromatic heterocycles. The number of morpholine rings is 1. The van der Waals surface area contributed by atoms with Gasteiger partial charge in [0.2, 0.25) is 11.7 Å². The van der Waals surface area contributed by atoms with Crippen molar-refractivity contribution < 1.29 is 4.74 Å². The van der Waals surface area contributed by atoms with Gasteiger partial charge in [0.15, 0.2) is 0 Å². The van der Waals surface area contributed by atoms with Crippen molar-refractivity contribution in [2.45, 2.75) is 26.7 Å². The van der Waals surface area contributed by atoms with Gasteiger partial charge in [-0.3, -0.25) is 4.79 Å². The van der Waals surface area contributed by atoms with Gasteiger partial charge in [-0.2, -0.15) is 9.50 Å². The zero-order valence-corrected chi connectivity index (χ0v) is 12.0. The van der Waals surface area contributed by atoms with Crippen molar-refractivity contribution in [2.24, 2.45) is 0 Å². The van der Waals surface area contributed by atoms with E-state index < -0.39 is 0 Å². The fourth-order valence-corrected chi connectivity index (χ4v) is 2.61. The number of H-pyrrole nitrogens is 1. The molecular weight excluding hydrogens is 258 g/mol. The van der Waals surface area contributed by atoms with Gasteiger partial charge in [-0.1, -0.05) is 13.8 Å². The van der Waals surface area contributed by atoms with Crippen LogP contribution in [0, 0.1) is 6.92 Å². The predicted molar refractivity (Wildman–Crippen MR) is 75.5 cm³/mol. The number of hydrogen-bond donors (Lipinski definition) is 1. The summed E-state index contributed by atoms with van der Waals surface area (Å²) in [5.41, 5.74) is 1.53. The summed E-state index contributed by atoms with van der Waals surface area (Å²) in [4.78, 5) is 22.1. The summed E-state index contributed by atoms with van der Waals surface area (Å²) in [5, 5.41) is 4.35. The average Bonchev–Trinajstić information content (AvgIpc) is 2.83. The molecule has 0 amide bonds. The van der Waals surface area contributed by atoms with Crippen molar-refractivity contribution >= 4 is 11.7 Å². The quantitative estimate of drug-likeness (QED) is 0.874. The average molecular weight is 277 g/mol. The van der Waals surface area contributed by atoms with Crippen molar-refractivity contribution in [1.82, 2.24) is 19.6 Å². The van der Waals surface area contributed by atoms with E-state index in [1.165, 1.54) is 4.52 Å². The largest absolute Gasteiger partial charge is 0.378 e. The number of aromatic nitrogens is 4. The van der Waals surface area contributed by atoms with E-state index in [4.69, 9.17) is 4.74 Å². The number of aryl methyl sites for hydroxylation is 1. The minimum atomic E-state index is -0.0849. The third-order valence-corrected chi connectivity index (χ3v) is 3.59. The Balaban J connectivity index is 2.11. The third-order valence-electron chi connectivity index (χ3n) is 3.59. The van der Waals surface area contributed by atoms with Gasteiger partial charge in [0.25, 0.3) is 5.56 Å². The van der Waals surface area contributed by atoms with E-state index in [0.717, 1.165) is 24.3 Å². The van der Waals surface area contributed by atoms with Crippen LogP contribution in [0.25, 0.3) is 5.78 Å². The Morgan fingerprint density at radius 2 is 2.00 bits per heavy atom. The Hall–Kier alpha value is -1.89. The van der Waals surface area contributed by atoms with Crippen LogP contribution in [-0.2, 0) is 4.74 Å². The van der Waals surface area contributed by atoms with Crippen LogP contribution in [0.15, 0.2) is 4.79 Å². The summed E-state index contributed by atoms with van der Waals surface area (Å²) in [5.74, 6) is 1.24. The van der Waals surface area contributed by atoms with Gasteiger partial charge in [-0.25, -0.2) is 0 Å². The molecular formula is C13H19N5O2. The first-order valence-corrected chi connectivity index (χ1v) is 6.90. The number of ether oxygens (including phenoxy) is 1. The first-order chi connectivity index (χ1) is 9.58. The Morgan fingerprint density at radius 1 is 1.30 bits per heavy atom. The number of nitrogens with zero attached hydrogens (tertiary/aromatic N) is 4. The summed E-state index contributed by atoms with van der Waals surface area (Å²) < 4.78 is 6.68. The molecule has 7 heteroatoms. The molecule has 0 atom stereocenters. The highest BCUT2D eigenvalue weighted by Crippen LogP contribution is 2.15. The van der Waals surface area contributed by atoms with Crippen LogP contribution in [0.4, 0.5) is 5.95 Å². The second-order valence-corrected chi connectivity index (χ2v) is 5.37. The lowest BCUT2D eigenvalue weighted by molar-refractivity contribution is 0.122. The van der Waals surface area contributed by atoms with Gasteiger partial charge < -0.3 is 14.6 Å². The molecule has 1 aliphatic heterocycles. The van der Waals surface area contributed by atoms with Crippen molar-refractivity contribution in [3.05, 3.63) is 21.6 Å². The summed E-state index contributed by atoms with van der Waals surface area (Å²) in [6.45, 7) is 8.74. The molecule has 1 fully saturated rings. The van der Waals surface area contributed by atoms with Crippen molar-refractivity contribution in [3.8, 4) is 0 Å². The maximum Gasteiger partial charge on any atom is 0.279 e. The third kappa shape index (κ3) is 2.07. The van der Waals surface area contributed by atoms with Gasteiger partial charge in [-0.05, 0) is 12.8 Å². The second kappa shape index (κ2) is 4.90. The molecule has 108 valence electrons. The molecule has 1 aliphatic rings. The van der Waals surface area contributed by atoms with E-state index >= 15 is 0 Å². The molecule has 0 aromatic carbocycles. The molecule has 0 bridgehead atoms. The van der Waals surface area contributed by atoms with E-state index in [2.05, 4.69) is 15.1 Å². The topological polar surface area (TPSA) is 75.5 Å². The van der Waals surface area contributed by atoms with Crippen LogP contribution in [0.2, 0.25) is 0 Å². The SMILES string of the molecule is Cc1[nH]c2nc(N3CCOCC3)nn2c(=O)c1C(C)C. The van der Waals surface area contributed by atoms with E-state index in [-0.39, 0.29) is 11.5 Å². The highest BCUT2D eigenvalue weighted by molar-refractivity contribution is 5.41. The number of anilines is 1. The number of aromatic amines is 1. The first kappa shape index (κ1) is 13.1. The molecule has 0 saturated carbocycles. The lowest BCUT2D eigenvalue weighted by atomic mass is 10.0.